The van der Waals surface area contributed by atoms with Crippen LogP contribution in [-0.4, -0.2) is 12.6 Å². The Morgan fingerprint density at radius 2 is 1.93 bits per heavy atom. The molecule has 1 nitrogen and oxygen atoms in total. The topological polar surface area (TPSA) is 12.0 Å². The van der Waals surface area contributed by atoms with Gasteiger partial charge in [-0.3, -0.25) is 0 Å². The molecule has 0 radical (unpaired) electrons. The maximum absolute atomic E-state index is 3.57. The summed E-state index contributed by atoms with van der Waals surface area (Å²) < 4.78 is 0. The molecule has 0 fully saturated rings. The van der Waals surface area contributed by atoms with E-state index in [0.29, 0.717) is 6.04 Å². The van der Waals surface area contributed by atoms with Crippen LogP contribution in [0.25, 0.3) is 0 Å². The largest absolute Gasteiger partial charge is 0.307 e. The Morgan fingerprint density at radius 1 is 1.07 bits per heavy atom. The fraction of sp³-hybridized carbons (Fsp3) is 0.538. The number of hydrogen-bond donors (Lipinski definition) is 1. The van der Waals surface area contributed by atoms with Gasteiger partial charge in [0.25, 0.3) is 0 Å². The van der Waals surface area contributed by atoms with Gasteiger partial charge in [-0.05, 0) is 24.7 Å². The van der Waals surface area contributed by atoms with Crippen molar-refractivity contribution in [3.8, 4) is 0 Å². The van der Waals surface area contributed by atoms with Crippen LogP contribution < -0.4 is 5.32 Å². The Hall–Kier alpha value is -0.820. The van der Waals surface area contributed by atoms with Crippen LogP contribution in [0.15, 0.2) is 36.5 Å². The van der Waals surface area contributed by atoms with Crippen LogP contribution >= 0.6 is 0 Å². The molecule has 1 N–H and O–H groups in total. The van der Waals surface area contributed by atoms with E-state index >= 15 is 0 Å². The highest BCUT2D eigenvalue weighted by Gasteiger charge is 2.25. The number of nitrogens with one attached hydrogen (secondary N) is 1. The molecular formula is C13H19N. The average Bonchev–Trinajstić information content (AvgIpc) is 2.47. The quantitative estimate of drug-likeness (QED) is 0.625. The Kier molecular flexibility index (Phi) is 3.20. The zero-order valence-electron chi connectivity index (χ0n) is 8.82. The maximum Gasteiger partial charge on any atom is 0.0289 e. The number of hydrogen-bond acceptors (Lipinski definition) is 1. The summed E-state index contributed by atoms with van der Waals surface area (Å²) in [6, 6.07) is 0.560. The summed E-state index contributed by atoms with van der Waals surface area (Å²) in [5.41, 5.74) is 0. The fourth-order valence-electron chi connectivity index (χ4n) is 2.37. The van der Waals surface area contributed by atoms with Crippen molar-refractivity contribution in [3.05, 3.63) is 36.5 Å². The smallest absolute Gasteiger partial charge is 0.0289 e. The summed E-state index contributed by atoms with van der Waals surface area (Å²) in [7, 11) is 0. The predicted octanol–water partition coefficient (Wildman–Crippen LogP) is 2.67. The first-order chi connectivity index (χ1) is 6.88. The molecule has 0 bridgehead atoms. The Balaban J connectivity index is 2.02. The summed E-state index contributed by atoms with van der Waals surface area (Å²) in [5.74, 6) is 1.58. The van der Waals surface area contributed by atoms with Gasteiger partial charge in [0.05, 0.1) is 0 Å². The molecule has 0 spiro atoms. The molecule has 76 valence electrons. The number of allylic oxidation sites excluding steroid dienone is 4. The van der Waals surface area contributed by atoms with Gasteiger partial charge in [0.2, 0.25) is 0 Å². The van der Waals surface area contributed by atoms with Crippen molar-refractivity contribution in [2.45, 2.75) is 25.8 Å². The van der Waals surface area contributed by atoms with E-state index in [9.17, 15) is 0 Å². The molecule has 1 aliphatic heterocycles. The Bertz CT molecular complexity index is 262. The SMILES string of the molecule is CC1CC=CC[C@H]1C1C=CC=CCN1. The van der Waals surface area contributed by atoms with Gasteiger partial charge in [-0.15, -0.1) is 0 Å². The lowest BCUT2D eigenvalue weighted by molar-refractivity contribution is 0.293. The first-order valence-electron chi connectivity index (χ1n) is 5.59. The van der Waals surface area contributed by atoms with Crippen LogP contribution in [0, 0.1) is 11.8 Å². The second kappa shape index (κ2) is 4.61. The van der Waals surface area contributed by atoms with Gasteiger partial charge in [-0.1, -0.05) is 43.4 Å². The highest BCUT2D eigenvalue weighted by molar-refractivity contribution is 5.13. The lowest BCUT2D eigenvalue weighted by Gasteiger charge is -2.31. The third-order valence-corrected chi connectivity index (χ3v) is 3.31. The first-order valence-corrected chi connectivity index (χ1v) is 5.59. The van der Waals surface area contributed by atoms with Gasteiger partial charge >= 0.3 is 0 Å². The van der Waals surface area contributed by atoms with E-state index < -0.39 is 0 Å². The van der Waals surface area contributed by atoms with Crippen LogP contribution in [0.3, 0.4) is 0 Å². The van der Waals surface area contributed by atoms with Crippen LogP contribution in [-0.2, 0) is 0 Å². The van der Waals surface area contributed by atoms with E-state index in [4.69, 9.17) is 0 Å². The van der Waals surface area contributed by atoms with Gasteiger partial charge in [-0.2, -0.15) is 0 Å². The summed E-state index contributed by atoms with van der Waals surface area (Å²) >= 11 is 0. The summed E-state index contributed by atoms with van der Waals surface area (Å²) in [6.45, 7) is 3.37. The van der Waals surface area contributed by atoms with Gasteiger partial charge < -0.3 is 5.32 Å². The lowest BCUT2D eigenvalue weighted by Crippen LogP contribution is -2.38. The van der Waals surface area contributed by atoms with E-state index in [2.05, 4.69) is 48.7 Å². The lowest BCUT2D eigenvalue weighted by atomic mass is 9.79. The summed E-state index contributed by atoms with van der Waals surface area (Å²) in [6.07, 6.45) is 15.9. The van der Waals surface area contributed by atoms with E-state index in [-0.39, 0.29) is 0 Å². The van der Waals surface area contributed by atoms with Crippen LogP contribution in [0.1, 0.15) is 19.8 Å². The third-order valence-electron chi connectivity index (χ3n) is 3.31. The van der Waals surface area contributed by atoms with E-state index in [1.807, 2.05) is 0 Å². The molecule has 1 heterocycles. The zero-order valence-corrected chi connectivity index (χ0v) is 8.82. The molecule has 2 aliphatic rings. The van der Waals surface area contributed by atoms with Crippen molar-refractivity contribution in [2.24, 2.45) is 11.8 Å². The molecule has 0 aromatic rings. The van der Waals surface area contributed by atoms with Crippen molar-refractivity contribution in [3.63, 3.8) is 0 Å². The van der Waals surface area contributed by atoms with Gasteiger partial charge in [-0.25, -0.2) is 0 Å². The molecule has 0 saturated heterocycles. The van der Waals surface area contributed by atoms with Crippen LogP contribution in [0.2, 0.25) is 0 Å². The molecule has 0 aromatic heterocycles. The zero-order chi connectivity index (χ0) is 9.80. The fourth-order valence-corrected chi connectivity index (χ4v) is 2.37. The van der Waals surface area contributed by atoms with Crippen molar-refractivity contribution in [1.82, 2.24) is 5.32 Å². The minimum Gasteiger partial charge on any atom is -0.307 e. The minimum absolute atomic E-state index is 0.560. The Morgan fingerprint density at radius 3 is 2.79 bits per heavy atom. The van der Waals surface area contributed by atoms with Crippen molar-refractivity contribution in [2.75, 3.05) is 6.54 Å². The highest BCUT2D eigenvalue weighted by Crippen LogP contribution is 2.28. The molecule has 0 aromatic carbocycles. The van der Waals surface area contributed by atoms with Gasteiger partial charge in [0.1, 0.15) is 0 Å². The number of rotatable bonds is 1. The molecule has 0 amide bonds. The molecule has 1 aliphatic carbocycles. The van der Waals surface area contributed by atoms with Crippen molar-refractivity contribution < 1.29 is 0 Å². The van der Waals surface area contributed by atoms with Crippen LogP contribution in [0.5, 0.6) is 0 Å². The molecule has 3 atom stereocenters. The monoisotopic (exact) mass is 189 g/mol. The third kappa shape index (κ3) is 2.16. The van der Waals surface area contributed by atoms with E-state index in [1.54, 1.807) is 0 Å². The predicted molar refractivity (Wildman–Crippen MR) is 61.1 cm³/mol. The Labute approximate surface area is 86.6 Å². The summed E-state index contributed by atoms with van der Waals surface area (Å²) in [4.78, 5) is 0. The molecule has 1 heteroatoms. The average molecular weight is 189 g/mol. The van der Waals surface area contributed by atoms with Crippen molar-refractivity contribution in [1.29, 1.82) is 0 Å². The van der Waals surface area contributed by atoms with Crippen LogP contribution in [0.4, 0.5) is 0 Å². The van der Waals surface area contributed by atoms with E-state index in [0.717, 1.165) is 18.4 Å². The van der Waals surface area contributed by atoms with Gasteiger partial charge in [0, 0.05) is 12.6 Å². The minimum atomic E-state index is 0.560. The standard InChI is InChI=1S/C13H19N/c1-11-7-4-5-8-12(11)13-9-3-2-6-10-14-13/h2-6,9,11-14H,7-8,10H2,1H3/t11?,12-,13?/m1/s1. The molecule has 2 unspecified atom stereocenters. The second-order valence-corrected chi connectivity index (χ2v) is 4.33. The van der Waals surface area contributed by atoms with Crippen molar-refractivity contribution >= 4 is 0 Å². The second-order valence-electron chi connectivity index (χ2n) is 4.33. The van der Waals surface area contributed by atoms with Gasteiger partial charge in [0.15, 0.2) is 0 Å². The van der Waals surface area contributed by atoms with E-state index in [1.165, 1.54) is 12.8 Å². The maximum atomic E-state index is 3.57. The first kappa shape index (κ1) is 9.72. The summed E-state index contributed by atoms with van der Waals surface area (Å²) in [5, 5.41) is 3.57. The molecule has 14 heavy (non-hydrogen) atoms. The molecule has 0 saturated carbocycles. The highest BCUT2D eigenvalue weighted by atomic mass is 14.9. The normalized spacial score (nSPS) is 37.1. The molecule has 2 rings (SSSR count). The molecular weight excluding hydrogens is 170 g/mol.